The minimum Gasteiger partial charge on any atom is -0.323 e. The fraction of sp³-hybridized carbons (Fsp3) is 0.444. The molecule has 0 aromatic carbocycles. The van der Waals surface area contributed by atoms with E-state index in [0.29, 0.717) is 12.2 Å². The number of sulfonamides is 1. The van der Waals surface area contributed by atoms with Crippen molar-refractivity contribution in [2.24, 2.45) is 5.84 Å². The predicted molar refractivity (Wildman–Crippen MR) is 62.2 cm³/mol. The van der Waals surface area contributed by atoms with E-state index < -0.39 is 10.0 Å². The van der Waals surface area contributed by atoms with Crippen LogP contribution in [0.5, 0.6) is 0 Å². The molecule has 0 amide bonds. The number of aromatic nitrogens is 1. The minimum atomic E-state index is -3.52. The Hall–Kier alpha value is -1.18. The van der Waals surface area contributed by atoms with Gasteiger partial charge in [0, 0.05) is 26.0 Å². The van der Waals surface area contributed by atoms with Gasteiger partial charge in [0.15, 0.2) is 0 Å². The van der Waals surface area contributed by atoms with Gasteiger partial charge in [-0.15, -0.1) is 0 Å². The molecule has 90 valence electrons. The van der Waals surface area contributed by atoms with Crippen LogP contribution in [0.4, 0.5) is 5.69 Å². The third kappa shape index (κ3) is 2.49. The van der Waals surface area contributed by atoms with E-state index in [1.54, 1.807) is 0 Å². The van der Waals surface area contributed by atoms with Gasteiger partial charge in [0.05, 0.1) is 5.69 Å². The molecule has 3 N–H and O–H groups in total. The van der Waals surface area contributed by atoms with E-state index in [0.717, 1.165) is 6.42 Å². The van der Waals surface area contributed by atoms with Crippen molar-refractivity contribution in [2.75, 3.05) is 19.0 Å². The molecule has 0 bridgehead atoms. The zero-order valence-electron chi connectivity index (χ0n) is 9.34. The maximum atomic E-state index is 12.1. The van der Waals surface area contributed by atoms with Gasteiger partial charge in [0.1, 0.15) is 4.90 Å². The monoisotopic (exact) mass is 244 g/mol. The van der Waals surface area contributed by atoms with Gasteiger partial charge in [-0.1, -0.05) is 6.92 Å². The number of rotatable bonds is 5. The third-order valence-electron chi connectivity index (χ3n) is 2.17. The van der Waals surface area contributed by atoms with Gasteiger partial charge in [-0.3, -0.25) is 10.8 Å². The van der Waals surface area contributed by atoms with Crippen molar-refractivity contribution in [3.05, 3.63) is 18.5 Å². The quantitative estimate of drug-likeness (QED) is 0.578. The van der Waals surface area contributed by atoms with Crippen LogP contribution in [0, 0.1) is 0 Å². The van der Waals surface area contributed by atoms with Crippen molar-refractivity contribution in [1.82, 2.24) is 9.29 Å². The largest absolute Gasteiger partial charge is 0.323 e. The fourth-order valence-corrected chi connectivity index (χ4v) is 2.67. The smallest absolute Gasteiger partial charge is 0.246 e. The zero-order chi connectivity index (χ0) is 12.2. The fourth-order valence-electron chi connectivity index (χ4n) is 1.31. The molecule has 0 spiro atoms. The highest BCUT2D eigenvalue weighted by atomic mass is 32.2. The van der Waals surface area contributed by atoms with Crippen molar-refractivity contribution in [1.29, 1.82) is 0 Å². The molecule has 6 nitrogen and oxygen atoms in total. The molecular weight excluding hydrogens is 228 g/mol. The molecule has 0 aliphatic rings. The summed E-state index contributed by atoms with van der Waals surface area (Å²) < 4.78 is 25.5. The maximum absolute atomic E-state index is 12.1. The predicted octanol–water partition coefficient (Wildman–Crippen LogP) is 0.398. The van der Waals surface area contributed by atoms with E-state index in [4.69, 9.17) is 5.84 Å². The Morgan fingerprint density at radius 2 is 2.25 bits per heavy atom. The van der Waals surface area contributed by atoms with Crippen LogP contribution in [0.25, 0.3) is 0 Å². The molecule has 0 radical (unpaired) electrons. The number of anilines is 1. The van der Waals surface area contributed by atoms with E-state index >= 15 is 0 Å². The number of nitrogens with two attached hydrogens (primary N) is 1. The van der Waals surface area contributed by atoms with Gasteiger partial charge in [-0.05, 0) is 12.5 Å². The molecule has 0 aliphatic heterocycles. The van der Waals surface area contributed by atoms with E-state index in [2.05, 4.69) is 10.4 Å². The lowest BCUT2D eigenvalue weighted by Gasteiger charge is -2.17. The van der Waals surface area contributed by atoms with Crippen molar-refractivity contribution >= 4 is 15.7 Å². The van der Waals surface area contributed by atoms with Crippen LogP contribution < -0.4 is 11.3 Å². The molecule has 1 rings (SSSR count). The average molecular weight is 244 g/mol. The third-order valence-corrected chi connectivity index (χ3v) is 4.05. The van der Waals surface area contributed by atoms with Gasteiger partial charge in [-0.25, -0.2) is 12.7 Å². The lowest BCUT2D eigenvalue weighted by molar-refractivity contribution is 0.468. The summed E-state index contributed by atoms with van der Waals surface area (Å²) in [5.74, 6) is 5.26. The number of nitrogens with one attached hydrogen (secondary N) is 1. The second-order valence-electron chi connectivity index (χ2n) is 3.34. The lowest BCUT2D eigenvalue weighted by Crippen LogP contribution is -2.28. The van der Waals surface area contributed by atoms with Crippen molar-refractivity contribution in [3.8, 4) is 0 Å². The van der Waals surface area contributed by atoms with Gasteiger partial charge in [-0.2, -0.15) is 0 Å². The Morgan fingerprint density at radius 1 is 1.56 bits per heavy atom. The van der Waals surface area contributed by atoms with Gasteiger partial charge in [0.2, 0.25) is 10.0 Å². The van der Waals surface area contributed by atoms with Gasteiger partial charge in [0.25, 0.3) is 0 Å². The SMILES string of the molecule is CCCN(C)S(=O)(=O)c1cnccc1NN. The lowest BCUT2D eigenvalue weighted by atomic mass is 10.4. The minimum absolute atomic E-state index is 0.0912. The summed E-state index contributed by atoms with van der Waals surface area (Å²) in [6, 6.07) is 1.52. The first-order valence-corrected chi connectivity index (χ1v) is 6.35. The first-order valence-electron chi connectivity index (χ1n) is 4.91. The van der Waals surface area contributed by atoms with E-state index in [-0.39, 0.29) is 4.90 Å². The molecule has 0 saturated heterocycles. The molecule has 0 fully saturated rings. The Kier molecular flexibility index (Phi) is 4.22. The highest BCUT2D eigenvalue weighted by molar-refractivity contribution is 7.89. The number of hydrogen-bond donors (Lipinski definition) is 2. The number of pyridine rings is 1. The summed E-state index contributed by atoms with van der Waals surface area (Å²) >= 11 is 0. The summed E-state index contributed by atoms with van der Waals surface area (Å²) in [6.45, 7) is 2.37. The summed E-state index contributed by atoms with van der Waals surface area (Å²) in [7, 11) is -1.98. The summed E-state index contributed by atoms with van der Waals surface area (Å²) in [4.78, 5) is 3.89. The normalized spacial score (nSPS) is 11.8. The molecule has 0 unspecified atom stereocenters. The highest BCUT2D eigenvalue weighted by Crippen LogP contribution is 2.21. The molecule has 0 aliphatic carbocycles. The van der Waals surface area contributed by atoms with Crippen LogP contribution >= 0.6 is 0 Å². The van der Waals surface area contributed by atoms with Crippen LogP contribution in [0.15, 0.2) is 23.4 Å². The second-order valence-corrected chi connectivity index (χ2v) is 5.36. The molecule has 1 aromatic rings. The molecule has 0 atom stereocenters. The van der Waals surface area contributed by atoms with Crippen LogP contribution in [0.3, 0.4) is 0 Å². The number of hydrazine groups is 1. The van der Waals surface area contributed by atoms with Gasteiger partial charge < -0.3 is 5.43 Å². The maximum Gasteiger partial charge on any atom is 0.246 e. The van der Waals surface area contributed by atoms with Gasteiger partial charge >= 0.3 is 0 Å². The molecular formula is C9H16N4O2S. The average Bonchev–Trinajstić information content (AvgIpc) is 2.29. The summed E-state index contributed by atoms with van der Waals surface area (Å²) in [5.41, 5.74) is 2.70. The van der Waals surface area contributed by atoms with Crippen LogP contribution in [0.1, 0.15) is 13.3 Å². The van der Waals surface area contributed by atoms with Crippen LogP contribution in [0.2, 0.25) is 0 Å². The number of nitrogens with zero attached hydrogens (tertiary/aromatic N) is 2. The molecule has 16 heavy (non-hydrogen) atoms. The molecule has 0 saturated carbocycles. The Balaban J connectivity index is 3.16. The zero-order valence-corrected chi connectivity index (χ0v) is 10.2. The first kappa shape index (κ1) is 12.9. The summed E-state index contributed by atoms with van der Waals surface area (Å²) in [6.07, 6.45) is 3.52. The Labute approximate surface area is 95.5 Å². The number of nitrogen functional groups attached to an aromatic ring is 1. The van der Waals surface area contributed by atoms with Crippen LogP contribution in [-0.2, 0) is 10.0 Å². The van der Waals surface area contributed by atoms with Crippen molar-refractivity contribution in [2.45, 2.75) is 18.2 Å². The first-order chi connectivity index (χ1) is 7.54. The highest BCUT2D eigenvalue weighted by Gasteiger charge is 2.23. The van der Waals surface area contributed by atoms with E-state index in [1.807, 2.05) is 6.92 Å². The van der Waals surface area contributed by atoms with Crippen molar-refractivity contribution in [3.63, 3.8) is 0 Å². The second kappa shape index (κ2) is 5.24. The molecule has 7 heteroatoms. The van der Waals surface area contributed by atoms with E-state index in [9.17, 15) is 8.42 Å². The summed E-state index contributed by atoms with van der Waals surface area (Å²) in [5, 5.41) is 0. The Morgan fingerprint density at radius 3 is 2.81 bits per heavy atom. The van der Waals surface area contributed by atoms with Crippen molar-refractivity contribution < 1.29 is 8.42 Å². The molecule has 1 aromatic heterocycles. The Bertz CT molecular complexity index is 447. The standard InChI is InChI=1S/C9H16N4O2S/c1-3-6-13(2)16(14,15)9-7-11-5-4-8(9)12-10/h4-5,7H,3,6,10H2,1-2H3,(H,11,12). The molecule has 1 heterocycles. The topological polar surface area (TPSA) is 88.3 Å². The van der Waals surface area contributed by atoms with Crippen LogP contribution in [-0.4, -0.2) is 31.3 Å². The number of hydrogen-bond acceptors (Lipinski definition) is 5. The van der Waals surface area contributed by atoms with E-state index in [1.165, 1.54) is 29.8 Å².